The molecule has 10 heteroatoms. The Labute approximate surface area is 128 Å². The van der Waals surface area contributed by atoms with E-state index in [9.17, 15) is 16.8 Å². The molecule has 0 amide bonds. The molecular formula is C10H24ClN3O4S2. The van der Waals surface area contributed by atoms with Crippen molar-refractivity contribution in [3.8, 4) is 0 Å². The van der Waals surface area contributed by atoms with Gasteiger partial charge >= 0.3 is 0 Å². The molecule has 0 aromatic rings. The highest BCUT2D eigenvalue weighted by Gasteiger charge is 2.33. The molecule has 0 radical (unpaired) electrons. The van der Waals surface area contributed by atoms with E-state index >= 15 is 0 Å². The molecule has 0 bridgehead atoms. The molecular weight excluding hydrogens is 326 g/mol. The summed E-state index contributed by atoms with van der Waals surface area (Å²) >= 11 is 0. The number of nitrogens with one attached hydrogen (secondary N) is 2. The van der Waals surface area contributed by atoms with Crippen molar-refractivity contribution in [3.05, 3.63) is 0 Å². The predicted molar refractivity (Wildman–Crippen MR) is 82.2 cm³/mol. The van der Waals surface area contributed by atoms with Crippen molar-refractivity contribution in [1.29, 1.82) is 0 Å². The molecule has 1 unspecified atom stereocenters. The smallest absolute Gasteiger partial charge is 0.215 e. The number of rotatable bonds is 8. The van der Waals surface area contributed by atoms with Crippen LogP contribution in [0.25, 0.3) is 0 Å². The molecule has 1 aliphatic rings. The zero-order valence-corrected chi connectivity index (χ0v) is 14.3. The first-order valence-corrected chi connectivity index (χ1v) is 9.70. The van der Waals surface area contributed by atoms with Crippen molar-refractivity contribution in [2.45, 2.75) is 25.8 Å². The maximum atomic E-state index is 12.2. The van der Waals surface area contributed by atoms with E-state index in [1.165, 1.54) is 11.2 Å². The molecule has 1 aliphatic heterocycles. The Morgan fingerprint density at radius 3 is 2.45 bits per heavy atom. The molecule has 1 fully saturated rings. The SMILES string of the molecule is CCS(=O)(=O)NCCS(=O)(=O)N1CCCC1CNC.Cl. The molecule has 1 saturated heterocycles. The van der Waals surface area contributed by atoms with Crippen LogP contribution in [0.2, 0.25) is 0 Å². The fourth-order valence-corrected chi connectivity index (χ4v) is 4.54. The van der Waals surface area contributed by atoms with Gasteiger partial charge in [-0.25, -0.2) is 21.6 Å². The third-order valence-electron chi connectivity index (χ3n) is 3.18. The third-order valence-corrected chi connectivity index (χ3v) is 6.50. The molecule has 7 nitrogen and oxygen atoms in total. The Morgan fingerprint density at radius 2 is 1.90 bits per heavy atom. The van der Waals surface area contributed by atoms with Crippen LogP contribution in [0.4, 0.5) is 0 Å². The summed E-state index contributed by atoms with van der Waals surface area (Å²) in [5.41, 5.74) is 0. The van der Waals surface area contributed by atoms with Gasteiger partial charge in [-0.2, -0.15) is 4.31 Å². The van der Waals surface area contributed by atoms with Gasteiger partial charge in [0, 0.05) is 25.7 Å². The zero-order valence-electron chi connectivity index (χ0n) is 11.8. The predicted octanol–water partition coefficient (Wildman–Crippen LogP) is -0.639. The molecule has 2 N–H and O–H groups in total. The molecule has 1 atom stereocenters. The minimum atomic E-state index is -3.40. The van der Waals surface area contributed by atoms with E-state index in [2.05, 4.69) is 10.0 Å². The first-order chi connectivity index (χ1) is 8.82. The van der Waals surface area contributed by atoms with Gasteiger partial charge in [0.15, 0.2) is 0 Å². The normalized spacial score (nSPS) is 20.8. The third kappa shape index (κ3) is 5.82. The summed E-state index contributed by atoms with van der Waals surface area (Å²) in [5.74, 6) is -0.231. The summed E-state index contributed by atoms with van der Waals surface area (Å²) in [7, 11) is -4.94. The Kier molecular flexibility index (Phi) is 8.53. The fourth-order valence-electron chi connectivity index (χ4n) is 2.16. The lowest BCUT2D eigenvalue weighted by Crippen LogP contribution is -2.43. The summed E-state index contributed by atoms with van der Waals surface area (Å²) in [6.07, 6.45) is 1.70. The van der Waals surface area contributed by atoms with E-state index in [0.717, 1.165) is 12.8 Å². The van der Waals surface area contributed by atoms with Crippen LogP contribution in [-0.4, -0.2) is 65.4 Å². The molecule has 20 heavy (non-hydrogen) atoms. The van der Waals surface area contributed by atoms with Crippen LogP contribution >= 0.6 is 12.4 Å². The number of nitrogens with zero attached hydrogens (tertiary/aromatic N) is 1. The maximum absolute atomic E-state index is 12.2. The van der Waals surface area contributed by atoms with Gasteiger partial charge < -0.3 is 5.32 Å². The highest BCUT2D eigenvalue weighted by Crippen LogP contribution is 2.20. The summed E-state index contributed by atoms with van der Waals surface area (Å²) in [4.78, 5) is 0. The molecule has 0 aromatic carbocycles. The number of sulfonamides is 2. The zero-order chi connectivity index (χ0) is 14.5. The second-order valence-electron chi connectivity index (χ2n) is 4.58. The summed E-state index contributed by atoms with van der Waals surface area (Å²) in [6.45, 7) is 2.59. The van der Waals surface area contributed by atoms with Crippen LogP contribution in [-0.2, 0) is 20.0 Å². The van der Waals surface area contributed by atoms with E-state index < -0.39 is 20.0 Å². The highest BCUT2D eigenvalue weighted by atomic mass is 35.5. The Hall–Kier alpha value is 0.0700. The van der Waals surface area contributed by atoms with Crippen molar-refractivity contribution in [2.24, 2.45) is 0 Å². The molecule has 1 heterocycles. The largest absolute Gasteiger partial charge is 0.318 e. The van der Waals surface area contributed by atoms with Crippen molar-refractivity contribution in [1.82, 2.24) is 14.3 Å². The van der Waals surface area contributed by atoms with Crippen LogP contribution in [0.15, 0.2) is 0 Å². The van der Waals surface area contributed by atoms with Crippen LogP contribution in [0.3, 0.4) is 0 Å². The maximum Gasteiger partial charge on any atom is 0.215 e. The lowest BCUT2D eigenvalue weighted by atomic mass is 10.2. The van der Waals surface area contributed by atoms with Crippen LogP contribution in [0.1, 0.15) is 19.8 Å². The fraction of sp³-hybridized carbons (Fsp3) is 1.00. The Morgan fingerprint density at radius 1 is 1.25 bits per heavy atom. The van der Waals surface area contributed by atoms with Gasteiger partial charge in [0.2, 0.25) is 20.0 Å². The molecule has 122 valence electrons. The van der Waals surface area contributed by atoms with Crippen LogP contribution < -0.4 is 10.0 Å². The summed E-state index contributed by atoms with van der Waals surface area (Å²) in [6, 6.07) is -0.0159. The van der Waals surface area contributed by atoms with Crippen molar-refractivity contribution in [3.63, 3.8) is 0 Å². The lowest BCUT2D eigenvalue weighted by molar-refractivity contribution is 0.379. The standard InChI is InChI=1S/C10H23N3O4S2.ClH/c1-3-18(14,15)12-6-8-19(16,17)13-7-4-5-10(13)9-11-2;/h10-12H,3-9H2,1-2H3;1H. The Balaban J connectivity index is 0.00000361. The molecule has 0 saturated carbocycles. The van der Waals surface area contributed by atoms with Gasteiger partial charge in [0.1, 0.15) is 0 Å². The number of halogens is 1. The molecule has 0 spiro atoms. The topological polar surface area (TPSA) is 95.6 Å². The summed E-state index contributed by atoms with van der Waals surface area (Å²) < 4.78 is 50.6. The van der Waals surface area contributed by atoms with Gasteiger partial charge in [0.25, 0.3) is 0 Å². The summed E-state index contributed by atoms with van der Waals surface area (Å²) in [5, 5.41) is 2.98. The van der Waals surface area contributed by atoms with E-state index in [0.29, 0.717) is 13.1 Å². The van der Waals surface area contributed by atoms with Gasteiger partial charge in [-0.3, -0.25) is 0 Å². The second kappa shape index (κ2) is 8.50. The number of likely N-dealkylation sites (N-methyl/N-ethyl adjacent to an activating group) is 1. The monoisotopic (exact) mass is 349 g/mol. The minimum absolute atomic E-state index is 0. The first kappa shape index (κ1) is 20.1. The average Bonchev–Trinajstić information content (AvgIpc) is 2.78. The van der Waals surface area contributed by atoms with E-state index in [-0.39, 0.29) is 36.5 Å². The second-order valence-corrected chi connectivity index (χ2v) is 8.71. The molecule has 1 rings (SSSR count). The van der Waals surface area contributed by atoms with Crippen LogP contribution in [0.5, 0.6) is 0 Å². The molecule has 0 aliphatic carbocycles. The van der Waals surface area contributed by atoms with Gasteiger partial charge in [-0.15, -0.1) is 12.4 Å². The number of hydrogen-bond donors (Lipinski definition) is 2. The Bertz CT molecular complexity index is 481. The minimum Gasteiger partial charge on any atom is -0.318 e. The van der Waals surface area contributed by atoms with Crippen molar-refractivity contribution < 1.29 is 16.8 Å². The van der Waals surface area contributed by atoms with Gasteiger partial charge in [-0.1, -0.05) is 0 Å². The van der Waals surface area contributed by atoms with Crippen LogP contribution in [0, 0.1) is 0 Å². The van der Waals surface area contributed by atoms with Crippen molar-refractivity contribution in [2.75, 3.05) is 38.2 Å². The molecule has 0 aromatic heterocycles. The average molecular weight is 350 g/mol. The lowest BCUT2D eigenvalue weighted by Gasteiger charge is -2.23. The van der Waals surface area contributed by atoms with E-state index in [4.69, 9.17) is 0 Å². The number of hydrogen-bond acceptors (Lipinski definition) is 5. The van der Waals surface area contributed by atoms with E-state index in [1.54, 1.807) is 7.05 Å². The van der Waals surface area contributed by atoms with Crippen molar-refractivity contribution >= 4 is 32.5 Å². The highest BCUT2D eigenvalue weighted by molar-refractivity contribution is 7.90. The van der Waals surface area contributed by atoms with Gasteiger partial charge in [-0.05, 0) is 26.8 Å². The first-order valence-electron chi connectivity index (χ1n) is 6.44. The van der Waals surface area contributed by atoms with E-state index in [1.807, 2.05) is 0 Å². The quantitative estimate of drug-likeness (QED) is 0.608. The van der Waals surface area contributed by atoms with Gasteiger partial charge in [0.05, 0.1) is 11.5 Å².